The molecule has 7 nitrogen and oxygen atoms in total. The third-order valence-corrected chi connectivity index (χ3v) is 5.22. The van der Waals surface area contributed by atoms with Crippen molar-refractivity contribution in [3.05, 3.63) is 89.4 Å². The maximum absolute atomic E-state index is 13.5. The van der Waals surface area contributed by atoms with Crippen LogP contribution in [0, 0.1) is 6.92 Å². The van der Waals surface area contributed by atoms with Gasteiger partial charge in [0.25, 0.3) is 5.91 Å². The quantitative estimate of drug-likeness (QED) is 0.411. The third-order valence-electron chi connectivity index (χ3n) is 5.22. The molecule has 2 aromatic carbocycles. The van der Waals surface area contributed by atoms with Crippen molar-refractivity contribution >= 4 is 28.7 Å². The predicted octanol–water partition coefficient (Wildman–Crippen LogP) is 4.92. The molecule has 0 fully saturated rings. The highest BCUT2D eigenvalue weighted by Gasteiger charge is 2.34. The monoisotopic (exact) mass is 468 g/mol. The molecule has 0 aliphatic carbocycles. The van der Waals surface area contributed by atoms with Gasteiger partial charge in [-0.3, -0.25) is 14.8 Å². The molecule has 0 radical (unpaired) electrons. The van der Waals surface area contributed by atoms with E-state index in [0.717, 1.165) is 22.9 Å². The lowest BCUT2D eigenvalue weighted by atomic mass is 10.1. The molecular weight excluding hydrogens is 445 g/mol. The first kappa shape index (κ1) is 23.1. The number of pyridine rings is 1. The highest BCUT2D eigenvalue weighted by Crippen LogP contribution is 2.36. The molecule has 1 amide bonds. The zero-order valence-electron chi connectivity index (χ0n) is 18.5. The molecule has 10 heteroatoms. The molecule has 0 spiro atoms. The van der Waals surface area contributed by atoms with E-state index in [2.05, 4.69) is 26.6 Å². The maximum Gasteiger partial charge on any atom is 0.418 e. The minimum absolute atomic E-state index is 0.0329. The van der Waals surface area contributed by atoms with E-state index < -0.39 is 17.6 Å². The smallest absolute Gasteiger partial charge is 0.385 e. The van der Waals surface area contributed by atoms with Crippen molar-refractivity contribution in [2.24, 2.45) is 0 Å². The lowest BCUT2D eigenvalue weighted by Crippen LogP contribution is -2.36. The SMILES string of the molecule is CCNc1ccc(NC(=O)c2ccc(C)c(N3C=C(c4cccnc4)NN3)c2)cc1C(F)(F)F. The van der Waals surface area contributed by atoms with Crippen molar-refractivity contribution in [2.75, 3.05) is 22.2 Å². The largest absolute Gasteiger partial charge is 0.418 e. The van der Waals surface area contributed by atoms with Gasteiger partial charge in [0.2, 0.25) is 0 Å². The Hall–Kier alpha value is -4.05. The molecule has 2 heterocycles. The first-order valence-corrected chi connectivity index (χ1v) is 10.6. The second kappa shape index (κ2) is 9.44. The summed E-state index contributed by atoms with van der Waals surface area (Å²) in [5, 5.41) is 6.99. The summed E-state index contributed by atoms with van der Waals surface area (Å²) in [5.74, 6) is -0.519. The Balaban J connectivity index is 1.57. The van der Waals surface area contributed by atoms with Gasteiger partial charge in [-0.2, -0.15) is 13.2 Å². The number of nitrogens with one attached hydrogen (secondary N) is 4. The number of benzene rings is 2. The summed E-state index contributed by atoms with van der Waals surface area (Å²) in [6.07, 6.45) is 0.678. The summed E-state index contributed by atoms with van der Waals surface area (Å²) >= 11 is 0. The molecule has 1 aromatic heterocycles. The Labute approximate surface area is 194 Å². The van der Waals surface area contributed by atoms with E-state index >= 15 is 0 Å². The van der Waals surface area contributed by atoms with Crippen molar-refractivity contribution in [2.45, 2.75) is 20.0 Å². The molecule has 1 aliphatic heterocycles. The molecule has 0 saturated carbocycles. The Morgan fingerprint density at radius 1 is 1.15 bits per heavy atom. The normalized spacial score (nSPS) is 13.3. The van der Waals surface area contributed by atoms with Crippen molar-refractivity contribution < 1.29 is 18.0 Å². The maximum atomic E-state index is 13.5. The van der Waals surface area contributed by atoms with E-state index in [9.17, 15) is 18.0 Å². The van der Waals surface area contributed by atoms with Crippen molar-refractivity contribution in [3.8, 4) is 0 Å². The van der Waals surface area contributed by atoms with E-state index in [1.807, 2.05) is 25.3 Å². The summed E-state index contributed by atoms with van der Waals surface area (Å²) in [4.78, 5) is 17.0. The van der Waals surface area contributed by atoms with Crippen LogP contribution in [0.3, 0.4) is 0 Å². The van der Waals surface area contributed by atoms with E-state index in [4.69, 9.17) is 0 Å². The average molecular weight is 468 g/mol. The van der Waals surface area contributed by atoms with Crippen LogP contribution in [0.1, 0.15) is 34.0 Å². The Morgan fingerprint density at radius 3 is 2.68 bits per heavy atom. The number of aromatic nitrogens is 1. The number of hydrogen-bond acceptors (Lipinski definition) is 6. The van der Waals surface area contributed by atoms with Crippen LogP contribution in [-0.2, 0) is 6.18 Å². The third kappa shape index (κ3) is 4.96. The number of nitrogens with zero attached hydrogens (tertiary/aromatic N) is 2. The Morgan fingerprint density at radius 2 is 1.97 bits per heavy atom. The molecule has 1 aliphatic rings. The van der Waals surface area contributed by atoms with Crippen LogP contribution in [0.15, 0.2) is 67.1 Å². The van der Waals surface area contributed by atoms with Gasteiger partial charge in [0.05, 0.1) is 16.9 Å². The van der Waals surface area contributed by atoms with E-state index in [1.54, 1.807) is 42.5 Å². The first-order chi connectivity index (χ1) is 16.3. The van der Waals surface area contributed by atoms with Crippen molar-refractivity contribution in [1.82, 2.24) is 15.9 Å². The van der Waals surface area contributed by atoms with E-state index in [-0.39, 0.29) is 11.4 Å². The highest BCUT2D eigenvalue weighted by atomic mass is 19.4. The summed E-state index contributed by atoms with van der Waals surface area (Å²) < 4.78 is 40.4. The van der Waals surface area contributed by atoms with Gasteiger partial charge in [0.1, 0.15) is 0 Å². The van der Waals surface area contributed by atoms with Gasteiger partial charge in [0.15, 0.2) is 0 Å². The van der Waals surface area contributed by atoms with Gasteiger partial charge in [-0.25, -0.2) is 0 Å². The number of carbonyl (C=O) groups is 1. The van der Waals surface area contributed by atoms with Gasteiger partial charge >= 0.3 is 6.18 Å². The molecule has 176 valence electrons. The van der Waals surface area contributed by atoms with Gasteiger partial charge in [-0.05, 0) is 61.9 Å². The number of carbonyl (C=O) groups excluding carboxylic acids is 1. The lowest BCUT2D eigenvalue weighted by molar-refractivity contribution is -0.136. The van der Waals surface area contributed by atoms with Crippen LogP contribution in [0.25, 0.3) is 5.70 Å². The second-order valence-corrected chi connectivity index (χ2v) is 7.64. The average Bonchev–Trinajstić information content (AvgIpc) is 3.30. The van der Waals surface area contributed by atoms with Gasteiger partial charge in [0, 0.05) is 47.6 Å². The zero-order chi connectivity index (χ0) is 24.3. The summed E-state index contributed by atoms with van der Waals surface area (Å²) in [7, 11) is 0. The minimum atomic E-state index is -4.55. The molecule has 4 N–H and O–H groups in total. The molecule has 0 unspecified atom stereocenters. The number of aryl methyl sites for hydroxylation is 1. The van der Waals surface area contributed by atoms with Crippen LogP contribution in [0.5, 0.6) is 0 Å². The second-order valence-electron chi connectivity index (χ2n) is 7.64. The number of anilines is 3. The van der Waals surface area contributed by atoms with Crippen molar-refractivity contribution in [1.29, 1.82) is 0 Å². The summed E-state index contributed by atoms with van der Waals surface area (Å²) in [6.45, 7) is 3.95. The molecule has 4 rings (SSSR count). The number of amides is 1. The van der Waals surface area contributed by atoms with E-state index in [1.165, 1.54) is 12.1 Å². The van der Waals surface area contributed by atoms with Crippen LogP contribution in [0.2, 0.25) is 0 Å². The number of hydrazine groups is 2. The standard InChI is InChI=1S/C24H23F3N6O/c1-3-29-20-9-8-18(12-19(20)24(25,26)27)30-23(34)16-7-6-15(2)22(11-16)33-14-21(31-32-33)17-5-4-10-28-13-17/h4-14,29,31-32H,3H2,1-2H3,(H,30,34). The fourth-order valence-corrected chi connectivity index (χ4v) is 3.53. The van der Waals surface area contributed by atoms with Crippen LogP contribution in [0.4, 0.5) is 30.2 Å². The zero-order valence-corrected chi connectivity index (χ0v) is 18.5. The molecular formula is C24H23F3N6O. The van der Waals surface area contributed by atoms with Gasteiger partial charge in [-0.1, -0.05) is 6.07 Å². The number of rotatable bonds is 6. The number of halogens is 3. The predicted molar refractivity (Wildman–Crippen MR) is 126 cm³/mol. The van der Waals surface area contributed by atoms with Crippen molar-refractivity contribution in [3.63, 3.8) is 0 Å². The molecule has 0 saturated heterocycles. The molecule has 0 atom stereocenters. The summed E-state index contributed by atoms with van der Waals surface area (Å²) in [5.41, 5.74) is 8.84. The van der Waals surface area contributed by atoms with E-state index in [0.29, 0.717) is 17.8 Å². The summed E-state index contributed by atoms with van der Waals surface area (Å²) in [6, 6.07) is 12.5. The van der Waals surface area contributed by atoms with Crippen LogP contribution >= 0.6 is 0 Å². The van der Waals surface area contributed by atoms with Gasteiger partial charge < -0.3 is 16.1 Å². The topological polar surface area (TPSA) is 81.3 Å². The van der Waals surface area contributed by atoms with Crippen LogP contribution < -0.4 is 26.6 Å². The number of alkyl halides is 3. The number of hydrogen-bond donors (Lipinski definition) is 4. The molecule has 34 heavy (non-hydrogen) atoms. The minimum Gasteiger partial charge on any atom is -0.385 e. The van der Waals surface area contributed by atoms with Crippen LogP contribution in [-0.4, -0.2) is 17.4 Å². The fourth-order valence-electron chi connectivity index (χ4n) is 3.53. The fraction of sp³-hybridized carbons (Fsp3) is 0.167. The molecule has 0 bridgehead atoms. The lowest BCUT2D eigenvalue weighted by Gasteiger charge is -2.19. The molecule has 3 aromatic rings. The first-order valence-electron chi connectivity index (χ1n) is 10.6. The highest BCUT2D eigenvalue weighted by molar-refractivity contribution is 6.05. The Kier molecular flexibility index (Phi) is 6.42. The van der Waals surface area contributed by atoms with Gasteiger partial charge in [-0.15, -0.1) is 5.53 Å². The Bertz CT molecular complexity index is 1230.